The second-order valence-corrected chi connectivity index (χ2v) is 10.9. The van der Waals surface area contributed by atoms with Gasteiger partial charge in [0.25, 0.3) is 5.69 Å². The number of piperidine rings is 1. The van der Waals surface area contributed by atoms with E-state index in [-0.39, 0.29) is 41.5 Å². The Kier molecular flexibility index (Phi) is 6.54. The van der Waals surface area contributed by atoms with Gasteiger partial charge in [0, 0.05) is 37.7 Å². The number of non-ortho nitro benzene ring substituents is 1. The zero-order valence-electron chi connectivity index (χ0n) is 18.9. The SMILES string of the molecule is Cc1ccc(C2CCCN2C(=O)C2CCN(S(=O)(=O)c3cc([N+](=O)[O-])ccc3C)CC2)cc1. The Morgan fingerprint density at radius 1 is 1.00 bits per heavy atom. The molecule has 1 atom stereocenters. The maximum absolute atomic E-state index is 13.3. The lowest BCUT2D eigenvalue weighted by molar-refractivity contribution is -0.385. The molecule has 2 fully saturated rings. The Bertz CT molecular complexity index is 1160. The Labute approximate surface area is 194 Å². The van der Waals surface area contributed by atoms with E-state index in [2.05, 4.69) is 24.3 Å². The van der Waals surface area contributed by atoms with Gasteiger partial charge < -0.3 is 4.90 Å². The van der Waals surface area contributed by atoms with E-state index < -0.39 is 14.9 Å². The standard InChI is InChI=1S/C24H29N3O5S/c1-17-5-8-19(9-6-17)22-4-3-13-26(22)24(28)20-11-14-25(15-12-20)33(31,32)23-16-21(27(29)30)10-7-18(23)2/h5-10,16,20,22H,3-4,11-15H2,1-2H3. The summed E-state index contributed by atoms with van der Waals surface area (Å²) < 4.78 is 27.7. The second kappa shape index (κ2) is 9.23. The fraction of sp³-hybridized carbons (Fsp3) is 0.458. The van der Waals surface area contributed by atoms with Crippen LogP contribution in [0.2, 0.25) is 0 Å². The summed E-state index contributed by atoms with van der Waals surface area (Å²) in [7, 11) is -3.87. The highest BCUT2D eigenvalue weighted by atomic mass is 32.2. The third kappa shape index (κ3) is 4.65. The second-order valence-electron chi connectivity index (χ2n) is 8.99. The van der Waals surface area contributed by atoms with Gasteiger partial charge in [-0.15, -0.1) is 0 Å². The average molecular weight is 472 g/mol. The molecule has 1 unspecified atom stereocenters. The van der Waals surface area contributed by atoms with Gasteiger partial charge in [0.1, 0.15) is 0 Å². The van der Waals surface area contributed by atoms with Crippen LogP contribution >= 0.6 is 0 Å². The van der Waals surface area contributed by atoms with Crippen molar-refractivity contribution >= 4 is 21.6 Å². The molecule has 0 radical (unpaired) electrons. The first-order valence-corrected chi connectivity index (χ1v) is 12.7. The highest BCUT2D eigenvalue weighted by Crippen LogP contribution is 2.35. The van der Waals surface area contributed by atoms with E-state index >= 15 is 0 Å². The number of carbonyl (C=O) groups is 1. The summed E-state index contributed by atoms with van der Waals surface area (Å²) in [6, 6.07) is 12.3. The van der Waals surface area contributed by atoms with Crippen molar-refractivity contribution in [1.82, 2.24) is 9.21 Å². The minimum atomic E-state index is -3.87. The Balaban J connectivity index is 1.45. The van der Waals surface area contributed by atoms with Gasteiger partial charge in [0.2, 0.25) is 15.9 Å². The van der Waals surface area contributed by atoms with Crippen LogP contribution in [-0.4, -0.2) is 48.1 Å². The van der Waals surface area contributed by atoms with Crippen molar-refractivity contribution in [2.45, 2.75) is 50.5 Å². The first kappa shape index (κ1) is 23.4. The zero-order valence-corrected chi connectivity index (χ0v) is 19.8. The van der Waals surface area contributed by atoms with Crippen LogP contribution in [0.15, 0.2) is 47.4 Å². The molecule has 9 heteroatoms. The van der Waals surface area contributed by atoms with Crippen LogP contribution in [0.5, 0.6) is 0 Å². The first-order valence-electron chi connectivity index (χ1n) is 11.3. The molecule has 0 spiro atoms. The molecule has 2 heterocycles. The highest BCUT2D eigenvalue weighted by molar-refractivity contribution is 7.89. The van der Waals surface area contributed by atoms with Gasteiger partial charge in [-0.25, -0.2) is 8.42 Å². The van der Waals surface area contributed by atoms with Gasteiger partial charge >= 0.3 is 0 Å². The average Bonchev–Trinajstić information content (AvgIpc) is 3.29. The highest BCUT2D eigenvalue weighted by Gasteiger charge is 2.38. The van der Waals surface area contributed by atoms with E-state index in [1.165, 1.54) is 22.0 Å². The van der Waals surface area contributed by atoms with Crippen LogP contribution in [0.25, 0.3) is 0 Å². The molecule has 2 aliphatic rings. The number of benzene rings is 2. The molecule has 2 aromatic carbocycles. The van der Waals surface area contributed by atoms with Crippen molar-refractivity contribution in [2.24, 2.45) is 5.92 Å². The van der Waals surface area contributed by atoms with Gasteiger partial charge in [-0.2, -0.15) is 4.31 Å². The van der Waals surface area contributed by atoms with Crippen LogP contribution in [0, 0.1) is 29.9 Å². The lowest BCUT2D eigenvalue weighted by Crippen LogP contribution is -2.44. The number of hydrogen-bond acceptors (Lipinski definition) is 5. The molecular formula is C24H29N3O5S. The van der Waals surface area contributed by atoms with Crippen molar-refractivity contribution in [3.8, 4) is 0 Å². The van der Waals surface area contributed by atoms with Gasteiger partial charge in [-0.3, -0.25) is 14.9 Å². The monoisotopic (exact) mass is 471 g/mol. The fourth-order valence-corrected chi connectivity index (χ4v) is 6.58. The molecule has 0 saturated carbocycles. The predicted molar refractivity (Wildman–Crippen MR) is 124 cm³/mol. The molecular weight excluding hydrogens is 442 g/mol. The van der Waals surface area contributed by atoms with Crippen molar-refractivity contribution < 1.29 is 18.1 Å². The Hall–Kier alpha value is -2.78. The molecule has 176 valence electrons. The molecule has 33 heavy (non-hydrogen) atoms. The molecule has 0 aliphatic carbocycles. The smallest absolute Gasteiger partial charge is 0.270 e. The van der Waals surface area contributed by atoms with E-state index in [0.717, 1.165) is 31.0 Å². The van der Waals surface area contributed by atoms with Crippen molar-refractivity contribution in [1.29, 1.82) is 0 Å². The number of rotatable bonds is 5. The van der Waals surface area contributed by atoms with Gasteiger partial charge in [0.05, 0.1) is 15.9 Å². The van der Waals surface area contributed by atoms with Gasteiger partial charge in [0.15, 0.2) is 0 Å². The third-order valence-corrected chi connectivity index (χ3v) is 8.84. The van der Waals surface area contributed by atoms with Crippen LogP contribution in [-0.2, 0) is 14.8 Å². The largest absolute Gasteiger partial charge is 0.335 e. The fourth-order valence-electron chi connectivity index (χ4n) is 4.86. The quantitative estimate of drug-likeness (QED) is 0.485. The topological polar surface area (TPSA) is 101 Å². The van der Waals surface area contributed by atoms with Crippen molar-refractivity contribution in [2.75, 3.05) is 19.6 Å². The summed E-state index contributed by atoms with van der Waals surface area (Å²) in [4.78, 5) is 25.8. The Morgan fingerprint density at radius 3 is 2.30 bits per heavy atom. The van der Waals surface area contributed by atoms with E-state index in [9.17, 15) is 23.3 Å². The number of amides is 1. The third-order valence-electron chi connectivity index (χ3n) is 6.80. The number of carbonyl (C=O) groups excluding carboxylic acids is 1. The van der Waals surface area contributed by atoms with Gasteiger partial charge in [-0.1, -0.05) is 35.9 Å². The number of sulfonamides is 1. The number of hydrogen-bond donors (Lipinski definition) is 0. The number of likely N-dealkylation sites (tertiary alicyclic amines) is 1. The number of aryl methyl sites for hydroxylation is 2. The predicted octanol–water partition coefficient (Wildman–Crippen LogP) is 3.98. The van der Waals surface area contributed by atoms with Crippen LogP contribution in [0.3, 0.4) is 0 Å². The van der Waals surface area contributed by atoms with E-state index in [1.54, 1.807) is 6.92 Å². The van der Waals surface area contributed by atoms with E-state index in [4.69, 9.17) is 0 Å². The zero-order chi connectivity index (χ0) is 23.8. The molecule has 4 rings (SSSR count). The molecule has 0 N–H and O–H groups in total. The van der Waals surface area contributed by atoms with Crippen LogP contribution in [0.1, 0.15) is 48.4 Å². The molecule has 0 aromatic heterocycles. The van der Waals surface area contributed by atoms with Crippen LogP contribution in [0.4, 0.5) is 5.69 Å². The van der Waals surface area contributed by atoms with E-state index in [1.807, 2.05) is 11.8 Å². The Morgan fingerprint density at radius 2 is 1.67 bits per heavy atom. The normalized spacial score (nSPS) is 20.2. The maximum Gasteiger partial charge on any atom is 0.270 e. The lowest BCUT2D eigenvalue weighted by atomic mass is 9.95. The minimum Gasteiger partial charge on any atom is -0.335 e. The number of nitro groups is 1. The summed E-state index contributed by atoms with van der Waals surface area (Å²) in [6.45, 7) is 4.85. The van der Waals surface area contributed by atoms with Crippen molar-refractivity contribution in [3.05, 3.63) is 69.3 Å². The molecule has 0 bridgehead atoms. The molecule has 8 nitrogen and oxygen atoms in total. The van der Waals surface area contributed by atoms with Crippen molar-refractivity contribution in [3.63, 3.8) is 0 Å². The lowest BCUT2D eigenvalue weighted by Gasteiger charge is -2.34. The van der Waals surface area contributed by atoms with Crippen LogP contribution < -0.4 is 0 Å². The van der Waals surface area contributed by atoms with Gasteiger partial charge in [-0.05, 0) is 50.7 Å². The summed E-state index contributed by atoms with van der Waals surface area (Å²) in [6.07, 6.45) is 2.80. The molecule has 2 aliphatic heterocycles. The maximum atomic E-state index is 13.3. The summed E-state index contributed by atoms with van der Waals surface area (Å²) in [5.74, 6) is -0.115. The molecule has 1 amide bonds. The summed E-state index contributed by atoms with van der Waals surface area (Å²) in [5, 5.41) is 11.1. The minimum absolute atomic E-state index is 0.0412. The molecule has 2 saturated heterocycles. The summed E-state index contributed by atoms with van der Waals surface area (Å²) in [5.41, 5.74) is 2.55. The number of nitrogens with zero attached hydrogens (tertiary/aromatic N) is 3. The van der Waals surface area contributed by atoms with E-state index in [0.29, 0.717) is 18.4 Å². The molecule has 2 aromatic rings. The number of nitro benzene ring substituents is 1. The first-order chi connectivity index (χ1) is 15.7. The summed E-state index contributed by atoms with van der Waals surface area (Å²) >= 11 is 0.